The fourth-order valence-corrected chi connectivity index (χ4v) is 4.20. The zero-order valence-corrected chi connectivity index (χ0v) is 20.2. The van der Waals surface area contributed by atoms with Gasteiger partial charge in [0.25, 0.3) is 5.78 Å². The molecule has 3 aromatic rings. The van der Waals surface area contributed by atoms with Crippen molar-refractivity contribution >= 4 is 23.3 Å². The maximum atomic E-state index is 13.2. The normalized spacial score (nSPS) is 17.9. The molecule has 1 atom stereocenters. The van der Waals surface area contributed by atoms with Gasteiger partial charge in [0.15, 0.2) is 5.82 Å². The minimum Gasteiger partial charge on any atom is -0.507 e. The molecule has 0 saturated carbocycles. The SMILES string of the molecule is COc1ccc(/C(O)=C2\C(=O)C(=O)N(c3cc(C)on3)[C@@H]2c2ccc(C(C)(C)C)cc2)cc1C. The number of aromatic nitrogens is 1. The Morgan fingerprint density at radius 1 is 1.06 bits per heavy atom. The van der Waals surface area contributed by atoms with Crippen LogP contribution in [-0.2, 0) is 15.0 Å². The molecule has 34 heavy (non-hydrogen) atoms. The van der Waals surface area contributed by atoms with Crippen molar-refractivity contribution in [3.63, 3.8) is 0 Å². The fraction of sp³-hybridized carbons (Fsp3) is 0.296. The van der Waals surface area contributed by atoms with Gasteiger partial charge < -0.3 is 14.4 Å². The Morgan fingerprint density at radius 2 is 1.74 bits per heavy atom. The van der Waals surface area contributed by atoms with E-state index in [1.165, 1.54) is 4.90 Å². The zero-order chi connectivity index (χ0) is 24.8. The maximum Gasteiger partial charge on any atom is 0.301 e. The van der Waals surface area contributed by atoms with E-state index in [4.69, 9.17) is 9.26 Å². The van der Waals surface area contributed by atoms with Gasteiger partial charge in [-0.3, -0.25) is 14.5 Å². The Morgan fingerprint density at radius 3 is 2.26 bits per heavy atom. The summed E-state index contributed by atoms with van der Waals surface area (Å²) in [4.78, 5) is 27.7. The first-order valence-corrected chi connectivity index (χ1v) is 11.0. The first kappa shape index (κ1) is 23.3. The van der Waals surface area contributed by atoms with E-state index in [1.54, 1.807) is 38.3 Å². The molecule has 0 aliphatic carbocycles. The van der Waals surface area contributed by atoms with E-state index < -0.39 is 17.7 Å². The summed E-state index contributed by atoms with van der Waals surface area (Å²) < 4.78 is 10.5. The second-order valence-electron chi connectivity index (χ2n) is 9.52. The average molecular weight is 461 g/mol. The lowest BCUT2D eigenvalue weighted by Crippen LogP contribution is -2.29. The molecule has 0 unspecified atom stereocenters. The Balaban J connectivity index is 1.91. The molecule has 1 aliphatic rings. The molecule has 1 amide bonds. The molecule has 7 heteroatoms. The third-order valence-corrected chi connectivity index (χ3v) is 6.07. The highest BCUT2D eigenvalue weighted by atomic mass is 16.5. The number of nitrogens with zero attached hydrogens (tertiary/aromatic N) is 2. The van der Waals surface area contributed by atoms with Gasteiger partial charge in [-0.05, 0) is 54.2 Å². The molecular formula is C27H28N2O5. The second-order valence-corrected chi connectivity index (χ2v) is 9.52. The van der Waals surface area contributed by atoms with Crippen LogP contribution >= 0.6 is 0 Å². The van der Waals surface area contributed by atoms with Crippen LogP contribution in [0.2, 0.25) is 0 Å². The summed E-state index contributed by atoms with van der Waals surface area (Å²) in [6.07, 6.45) is 0. The molecule has 176 valence electrons. The maximum absolute atomic E-state index is 13.2. The monoisotopic (exact) mass is 460 g/mol. The standard InChI is InChI=1S/C27H28N2O5/c1-15-13-18(9-12-20(15)33-6)24(30)22-23(17-7-10-19(11-8-17)27(3,4)5)29(26(32)25(22)31)21-14-16(2)34-28-21/h7-14,23,30H,1-6H3/b24-22+/t23-/m1/s1. The predicted octanol–water partition coefficient (Wildman–Crippen LogP) is 5.22. The smallest absolute Gasteiger partial charge is 0.301 e. The van der Waals surface area contributed by atoms with Gasteiger partial charge in [0.1, 0.15) is 17.3 Å². The van der Waals surface area contributed by atoms with Crippen molar-refractivity contribution < 1.29 is 24.0 Å². The number of aliphatic hydroxyl groups is 1. The highest BCUT2D eigenvalue weighted by Gasteiger charge is 2.48. The van der Waals surface area contributed by atoms with Gasteiger partial charge in [-0.1, -0.05) is 50.2 Å². The minimum absolute atomic E-state index is 0.00118. The van der Waals surface area contributed by atoms with Crippen LogP contribution < -0.4 is 9.64 Å². The predicted molar refractivity (Wildman–Crippen MR) is 129 cm³/mol. The Hall–Kier alpha value is -3.87. The highest BCUT2D eigenvalue weighted by Crippen LogP contribution is 2.42. The average Bonchev–Trinajstić information content (AvgIpc) is 3.33. The van der Waals surface area contributed by atoms with Crippen LogP contribution in [0.15, 0.2) is 58.6 Å². The number of carbonyl (C=O) groups is 2. The molecule has 0 radical (unpaired) electrons. The van der Waals surface area contributed by atoms with Crippen LogP contribution in [0.3, 0.4) is 0 Å². The van der Waals surface area contributed by atoms with Gasteiger partial charge in [-0.15, -0.1) is 0 Å². The number of amides is 1. The molecule has 1 aromatic heterocycles. The summed E-state index contributed by atoms with van der Waals surface area (Å²) in [6.45, 7) is 9.88. The van der Waals surface area contributed by atoms with Crippen LogP contribution in [0.4, 0.5) is 5.82 Å². The largest absolute Gasteiger partial charge is 0.507 e. The van der Waals surface area contributed by atoms with E-state index in [2.05, 4.69) is 25.9 Å². The van der Waals surface area contributed by atoms with E-state index in [-0.39, 0.29) is 22.6 Å². The first-order chi connectivity index (χ1) is 16.0. The van der Waals surface area contributed by atoms with Gasteiger partial charge in [0.2, 0.25) is 0 Å². The Bertz CT molecular complexity index is 1300. The molecule has 7 nitrogen and oxygen atoms in total. The molecule has 0 spiro atoms. The number of methoxy groups -OCH3 is 1. The van der Waals surface area contributed by atoms with E-state index in [1.807, 2.05) is 31.2 Å². The molecule has 2 aromatic carbocycles. The van der Waals surface area contributed by atoms with Gasteiger partial charge in [-0.2, -0.15) is 0 Å². The van der Waals surface area contributed by atoms with Crippen molar-refractivity contribution in [3.8, 4) is 5.75 Å². The molecular weight excluding hydrogens is 432 g/mol. The van der Waals surface area contributed by atoms with Gasteiger partial charge >= 0.3 is 5.91 Å². The topological polar surface area (TPSA) is 92.9 Å². The first-order valence-electron chi connectivity index (χ1n) is 11.0. The number of aryl methyl sites for hydroxylation is 2. The summed E-state index contributed by atoms with van der Waals surface area (Å²) in [5, 5.41) is 15.3. The number of Topliss-reactive ketones (excluding diaryl/α,β-unsaturated/α-hetero) is 1. The van der Waals surface area contributed by atoms with E-state index in [0.717, 1.165) is 11.1 Å². The van der Waals surface area contributed by atoms with E-state index in [9.17, 15) is 14.7 Å². The number of hydrogen-bond acceptors (Lipinski definition) is 6. The van der Waals surface area contributed by atoms with Crippen LogP contribution in [0.5, 0.6) is 5.75 Å². The van der Waals surface area contributed by atoms with Crippen molar-refractivity contribution in [1.82, 2.24) is 5.16 Å². The van der Waals surface area contributed by atoms with Gasteiger partial charge in [0, 0.05) is 11.6 Å². The molecule has 2 heterocycles. The number of carbonyl (C=O) groups excluding carboxylic acids is 2. The van der Waals surface area contributed by atoms with Gasteiger partial charge in [-0.25, -0.2) is 0 Å². The van der Waals surface area contributed by atoms with E-state index in [0.29, 0.717) is 22.6 Å². The van der Waals surface area contributed by atoms with Crippen molar-refractivity contribution in [2.75, 3.05) is 12.0 Å². The summed E-state index contributed by atoms with van der Waals surface area (Å²) in [6, 6.07) is 13.5. The molecule has 1 aliphatic heterocycles. The molecule has 1 fully saturated rings. The van der Waals surface area contributed by atoms with Crippen molar-refractivity contribution in [2.45, 2.75) is 46.1 Å². The highest BCUT2D eigenvalue weighted by molar-refractivity contribution is 6.51. The van der Waals surface area contributed by atoms with Crippen LogP contribution in [0.25, 0.3) is 5.76 Å². The fourth-order valence-electron chi connectivity index (χ4n) is 4.20. The number of anilines is 1. The number of hydrogen-bond donors (Lipinski definition) is 1. The molecule has 1 N–H and O–H groups in total. The number of aliphatic hydroxyl groups excluding tert-OH is 1. The number of benzene rings is 2. The zero-order valence-electron chi connectivity index (χ0n) is 20.2. The summed E-state index contributed by atoms with van der Waals surface area (Å²) in [5.41, 5.74) is 2.93. The number of ketones is 1. The Labute approximate surface area is 198 Å². The van der Waals surface area contributed by atoms with Crippen LogP contribution in [0.1, 0.15) is 54.8 Å². The number of ether oxygens (including phenoxy) is 1. The Kier molecular flexibility index (Phi) is 5.81. The third kappa shape index (κ3) is 3.98. The van der Waals surface area contributed by atoms with Crippen LogP contribution in [-0.4, -0.2) is 29.1 Å². The molecule has 0 bridgehead atoms. The van der Waals surface area contributed by atoms with Gasteiger partial charge in [0.05, 0.1) is 18.7 Å². The second kappa shape index (κ2) is 8.48. The summed E-state index contributed by atoms with van der Waals surface area (Å²) in [7, 11) is 1.56. The minimum atomic E-state index is -0.860. The van der Waals surface area contributed by atoms with Crippen molar-refractivity contribution in [2.24, 2.45) is 0 Å². The molecule has 4 rings (SSSR count). The van der Waals surface area contributed by atoms with E-state index >= 15 is 0 Å². The summed E-state index contributed by atoms with van der Waals surface area (Å²) in [5.74, 6) is -0.429. The molecule has 1 saturated heterocycles. The lowest BCUT2D eigenvalue weighted by molar-refractivity contribution is -0.132. The quantitative estimate of drug-likeness (QED) is 0.326. The van der Waals surface area contributed by atoms with Crippen LogP contribution in [0, 0.1) is 13.8 Å². The lowest BCUT2D eigenvalue weighted by Gasteiger charge is -2.24. The summed E-state index contributed by atoms with van der Waals surface area (Å²) >= 11 is 0. The van der Waals surface area contributed by atoms with Crippen molar-refractivity contribution in [1.29, 1.82) is 0 Å². The number of rotatable bonds is 4. The van der Waals surface area contributed by atoms with Crippen molar-refractivity contribution in [3.05, 3.63) is 82.1 Å². The third-order valence-electron chi connectivity index (χ3n) is 6.07. The lowest BCUT2D eigenvalue weighted by atomic mass is 9.85.